The molecule has 0 spiro atoms. The Morgan fingerprint density at radius 3 is 2.88 bits per heavy atom. The topological polar surface area (TPSA) is 61.3 Å². The second-order valence-electron chi connectivity index (χ2n) is 3.17. The van der Waals surface area contributed by atoms with Crippen molar-refractivity contribution in [3.05, 3.63) is 36.1 Å². The molecule has 2 rings (SSSR count). The first-order chi connectivity index (χ1) is 7.74. The smallest absolute Gasteiger partial charge is 0.208 e. The molecule has 0 aliphatic heterocycles. The van der Waals surface area contributed by atoms with Crippen molar-refractivity contribution in [1.29, 1.82) is 0 Å². The van der Waals surface area contributed by atoms with Gasteiger partial charge in [-0.15, -0.1) is 0 Å². The summed E-state index contributed by atoms with van der Waals surface area (Å²) >= 11 is 0. The molecule has 4 nitrogen and oxygen atoms in total. The molecule has 5 heteroatoms. The van der Waals surface area contributed by atoms with Gasteiger partial charge in [-0.2, -0.15) is 0 Å². The van der Waals surface area contributed by atoms with Crippen molar-refractivity contribution in [2.75, 3.05) is 7.11 Å². The number of rotatable bonds is 3. The molecule has 1 aromatic heterocycles. The normalized spacial score (nSPS) is 10.4. The van der Waals surface area contributed by atoms with Crippen LogP contribution in [0.4, 0.5) is 4.39 Å². The van der Waals surface area contributed by atoms with Gasteiger partial charge in [0.05, 0.1) is 19.9 Å². The molecule has 0 atom stereocenters. The van der Waals surface area contributed by atoms with E-state index in [-0.39, 0.29) is 12.3 Å². The Labute approximate surface area is 91.9 Å². The number of benzene rings is 1. The van der Waals surface area contributed by atoms with Gasteiger partial charge in [0.25, 0.3) is 0 Å². The van der Waals surface area contributed by atoms with Crippen molar-refractivity contribution in [2.45, 2.75) is 6.54 Å². The van der Waals surface area contributed by atoms with E-state index in [1.54, 1.807) is 6.07 Å². The molecule has 1 aromatic carbocycles. The van der Waals surface area contributed by atoms with Crippen LogP contribution < -0.4 is 10.5 Å². The van der Waals surface area contributed by atoms with Gasteiger partial charge in [-0.1, -0.05) is 0 Å². The van der Waals surface area contributed by atoms with E-state index < -0.39 is 5.82 Å². The zero-order chi connectivity index (χ0) is 11.5. The average molecular weight is 222 g/mol. The van der Waals surface area contributed by atoms with Crippen molar-refractivity contribution >= 4 is 0 Å². The summed E-state index contributed by atoms with van der Waals surface area (Å²) < 4.78 is 23.5. The fraction of sp³-hybridized carbons (Fsp3) is 0.182. The molecule has 0 fully saturated rings. The maximum absolute atomic E-state index is 13.4. The molecule has 2 aromatic rings. The Morgan fingerprint density at radius 2 is 2.31 bits per heavy atom. The number of oxazole rings is 1. The third-order valence-corrected chi connectivity index (χ3v) is 2.16. The summed E-state index contributed by atoms with van der Waals surface area (Å²) in [4.78, 5) is 3.94. The summed E-state index contributed by atoms with van der Waals surface area (Å²) in [7, 11) is 1.42. The first-order valence-electron chi connectivity index (χ1n) is 4.73. The minimum absolute atomic E-state index is 0.197. The zero-order valence-electron chi connectivity index (χ0n) is 8.74. The fourth-order valence-electron chi connectivity index (χ4n) is 1.36. The quantitative estimate of drug-likeness (QED) is 0.862. The molecule has 2 N–H and O–H groups in total. The number of methoxy groups -OCH3 is 1. The Morgan fingerprint density at radius 1 is 1.50 bits per heavy atom. The first-order valence-corrected chi connectivity index (χ1v) is 4.73. The Balaban J connectivity index is 2.37. The Bertz CT molecular complexity index is 496. The van der Waals surface area contributed by atoms with Crippen LogP contribution in [0.15, 0.2) is 28.8 Å². The third-order valence-electron chi connectivity index (χ3n) is 2.16. The van der Waals surface area contributed by atoms with Crippen LogP contribution in [0.3, 0.4) is 0 Å². The highest BCUT2D eigenvalue weighted by Gasteiger charge is 2.09. The molecule has 0 aliphatic carbocycles. The number of halogens is 1. The van der Waals surface area contributed by atoms with Crippen LogP contribution in [-0.4, -0.2) is 12.1 Å². The minimum atomic E-state index is -0.439. The standard InChI is InChI=1S/C11H11FN2O2/c1-15-9-3-2-7(4-8(9)12)10-6-14-11(5-13)16-10/h2-4,6H,5,13H2,1H3. The van der Waals surface area contributed by atoms with Crippen LogP contribution in [0.25, 0.3) is 11.3 Å². The molecular formula is C11H11FN2O2. The highest BCUT2D eigenvalue weighted by Crippen LogP contribution is 2.25. The van der Waals surface area contributed by atoms with E-state index in [1.165, 1.54) is 25.4 Å². The van der Waals surface area contributed by atoms with Gasteiger partial charge >= 0.3 is 0 Å². The summed E-state index contributed by atoms with van der Waals surface area (Å²) in [5, 5.41) is 0. The summed E-state index contributed by atoms with van der Waals surface area (Å²) in [5.41, 5.74) is 5.97. The van der Waals surface area contributed by atoms with Gasteiger partial charge in [0, 0.05) is 5.56 Å². The molecular weight excluding hydrogens is 211 g/mol. The van der Waals surface area contributed by atoms with Crippen molar-refractivity contribution < 1.29 is 13.5 Å². The number of nitrogens with two attached hydrogens (primary N) is 1. The van der Waals surface area contributed by atoms with Gasteiger partial charge in [-0.25, -0.2) is 9.37 Å². The summed E-state index contributed by atoms with van der Waals surface area (Å²) in [6, 6.07) is 4.57. The molecule has 0 unspecified atom stereocenters. The lowest BCUT2D eigenvalue weighted by Crippen LogP contribution is -1.94. The van der Waals surface area contributed by atoms with Crippen molar-refractivity contribution in [3.63, 3.8) is 0 Å². The van der Waals surface area contributed by atoms with E-state index >= 15 is 0 Å². The number of ether oxygens (including phenoxy) is 1. The molecule has 16 heavy (non-hydrogen) atoms. The van der Waals surface area contributed by atoms with Crippen molar-refractivity contribution in [1.82, 2.24) is 4.98 Å². The highest BCUT2D eigenvalue weighted by atomic mass is 19.1. The van der Waals surface area contributed by atoms with Gasteiger partial charge in [-0.05, 0) is 18.2 Å². The van der Waals surface area contributed by atoms with Crippen LogP contribution in [0.1, 0.15) is 5.89 Å². The number of hydrogen-bond donors (Lipinski definition) is 1. The van der Waals surface area contributed by atoms with Crippen LogP contribution in [0.2, 0.25) is 0 Å². The van der Waals surface area contributed by atoms with Crippen LogP contribution in [-0.2, 0) is 6.54 Å². The largest absolute Gasteiger partial charge is 0.494 e. The third kappa shape index (κ3) is 1.90. The number of aromatic nitrogens is 1. The Kier molecular flexibility index (Phi) is 2.87. The number of nitrogens with zero attached hydrogens (tertiary/aromatic N) is 1. The minimum Gasteiger partial charge on any atom is -0.494 e. The maximum atomic E-state index is 13.4. The maximum Gasteiger partial charge on any atom is 0.208 e. The molecule has 1 heterocycles. The monoisotopic (exact) mass is 222 g/mol. The molecule has 0 saturated carbocycles. The first kappa shape index (κ1) is 10.6. The van der Waals surface area contributed by atoms with Crippen LogP contribution >= 0.6 is 0 Å². The Hall–Kier alpha value is -1.88. The lowest BCUT2D eigenvalue weighted by atomic mass is 10.2. The van der Waals surface area contributed by atoms with E-state index in [9.17, 15) is 4.39 Å². The molecule has 0 aliphatic rings. The summed E-state index contributed by atoms with van der Waals surface area (Å²) in [6.07, 6.45) is 1.52. The molecule has 0 saturated heterocycles. The fourth-order valence-corrected chi connectivity index (χ4v) is 1.36. The molecule has 0 radical (unpaired) electrons. The molecule has 84 valence electrons. The SMILES string of the molecule is COc1ccc(-c2cnc(CN)o2)cc1F. The van der Waals surface area contributed by atoms with Gasteiger partial charge in [0.15, 0.2) is 17.3 Å². The van der Waals surface area contributed by atoms with E-state index in [0.717, 1.165) is 0 Å². The second-order valence-corrected chi connectivity index (χ2v) is 3.17. The van der Waals surface area contributed by atoms with Gasteiger partial charge in [0.1, 0.15) is 0 Å². The summed E-state index contributed by atoms with van der Waals surface area (Å²) in [6.45, 7) is 0.221. The molecule has 0 amide bonds. The van der Waals surface area contributed by atoms with Gasteiger partial charge < -0.3 is 14.9 Å². The summed E-state index contributed by atoms with van der Waals surface area (Å²) in [5.74, 6) is 0.668. The molecule has 0 bridgehead atoms. The van der Waals surface area contributed by atoms with Crippen molar-refractivity contribution in [2.24, 2.45) is 5.73 Å². The predicted octanol–water partition coefficient (Wildman–Crippen LogP) is 1.95. The highest BCUT2D eigenvalue weighted by molar-refractivity contribution is 5.57. The zero-order valence-corrected chi connectivity index (χ0v) is 8.74. The van der Waals surface area contributed by atoms with Crippen LogP contribution in [0.5, 0.6) is 5.75 Å². The average Bonchev–Trinajstić information content (AvgIpc) is 2.77. The van der Waals surface area contributed by atoms with Gasteiger partial charge in [-0.3, -0.25) is 0 Å². The van der Waals surface area contributed by atoms with Crippen molar-refractivity contribution in [3.8, 4) is 17.1 Å². The second kappa shape index (κ2) is 4.32. The van der Waals surface area contributed by atoms with E-state index in [4.69, 9.17) is 14.9 Å². The van der Waals surface area contributed by atoms with E-state index in [0.29, 0.717) is 17.2 Å². The predicted molar refractivity (Wildman–Crippen MR) is 56.3 cm³/mol. The lowest BCUT2D eigenvalue weighted by molar-refractivity contribution is 0.386. The van der Waals surface area contributed by atoms with Crippen LogP contribution in [0, 0.1) is 5.82 Å². The van der Waals surface area contributed by atoms with E-state index in [1.807, 2.05) is 0 Å². The lowest BCUT2D eigenvalue weighted by Gasteiger charge is -2.02. The van der Waals surface area contributed by atoms with E-state index in [2.05, 4.69) is 4.98 Å². The van der Waals surface area contributed by atoms with Gasteiger partial charge in [0.2, 0.25) is 5.89 Å². The number of hydrogen-bond acceptors (Lipinski definition) is 4.